The number of hydrogen-bond acceptors (Lipinski definition) is 3. The summed E-state index contributed by atoms with van der Waals surface area (Å²) in [6.45, 7) is 0. The smallest absolute Gasteiger partial charge is 0.256 e. The summed E-state index contributed by atoms with van der Waals surface area (Å²) in [5.41, 5.74) is 2.67. The van der Waals surface area contributed by atoms with E-state index in [1.165, 1.54) is 6.08 Å². The Morgan fingerprint density at radius 2 is 1.73 bits per heavy atom. The molecule has 0 aliphatic carbocycles. The Hall–Kier alpha value is -3.21. The average molecular weight is 289 g/mol. The molecule has 0 saturated heterocycles. The Labute approximate surface area is 125 Å². The van der Waals surface area contributed by atoms with Crippen LogP contribution in [0.5, 0.6) is 0 Å². The minimum Gasteiger partial charge on any atom is -0.321 e. The molecule has 4 rings (SSSR count). The molecule has 0 spiro atoms. The Kier molecular flexibility index (Phi) is 2.66. The third-order valence-corrected chi connectivity index (χ3v) is 3.69. The molecule has 2 aromatic carbocycles. The van der Waals surface area contributed by atoms with Crippen molar-refractivity contribution in [2.24, 2.45) is 0 Å². The molecule has 3 aromatic rings. The molecule has 1 amide bonds. The quantitative estimate of drug-likeness (QED) is 0.676. The molecule has 5 heteroatoms. The van der Waals surface area contributed by atoms with Crippen LogP contribution in [0.25, 0.3) is 22.6 Å². The number of para-hydroxylation sites is 2. The topological polar surface area (TPSA) is 74.8 Å². The molecule has 0 radical (unpaired) electrons. The van der Waals surface area contributed by atoms with Gasteiger partial charge < -0.3 is 5.32 Å². The minimum absolute atomic E-state index is 0.195. The van der Waals surface area contributed by atoms with Gasteiger partial charge in [-0.2, -0.15) is 5.10 Å². The van der Waals surface area contributed by atoms with Crippen LogP contribution in [0.4, 0.5) is 5.69 Å². The number of carbonyl (C=O) groups is 1. The summed E-state index contributed by atoms with van der Waals surface area (Å²) < 4.78 is 0. The maximum atomic E-state index is 12.5. The summed E-state index contributed by atoms with van der Waals surface area (Å²) in [4.78, 5) is 24.6. The van der Waals surface area contributed by atoms with Gasteiger partial charge in [0, 0.05) is 16.6 Å². The van der Waals surface area contributed by atoms with Crippen molar-refractivity contribution in [1.82, 2.24) is 10.2 Å². The zero-order chi connectivity index (χ0) is 15.1. The number of amides is 1. The molecule has 5 nitrogen and oxygen atoms in total. The van der Waals surface area contributed by atoms with Crippen LogP contribution in [0.15, 0.2) is 53.3 Å². The first-order valence-electron chi connectivity index (χ1n) is 6.84. The summed E-state index contributed by atoms with van der Waals surface area (Å²) in [5.74, 6) is -0.226. The van der Waals surface area contributed by atoms with Crippen molar-refractivity contribution in [3.8, 4) is 0 Å². The van der Waals surface area contributed by atoms with Crippen molar-refractivity contribution < 1.29 is 4.79 Å². The van der Waals surface area contributed by atoms with Crippen molar-refractivity contribution in [3.05, 3.63) is 70.0 Å². The Bertz CT molecular complexity index is 1000. The van der Waals surface area contributed by atoms with Gasteiger partial charge in [-0.1, -0.05) is 30.3 Å². The molecule has 1 aliphatic rings. The van der Waals surface area contributed by atoms with Gasteiger partial charge in [0.1, 0.15) is 5.69 Å². The molecular formula is C17H11N3O2. The Morgan fingerprint density at radius 1 is 0.955 bits per heavy atom. The summed E-state index contributed by atoms with van der Waals surface area (Å²) >= 11 is 0. The first-order valence-corrected chi connectivity index (χ1v) is 6.84. The number of nitrogens with one attached hydrogen (secondary N) is 2. The van der Waals surface area contributed by atoms with E-state index in [1.54, 1.807) is 18.2 Å². The number of aromatic nitrogens is 2. The number of H-pyrrole nitrogens is 1. The lowest BCUT2D eigenvalue weighted by atomic mass is 10.1. The number of nitrogens with zero attached hydrogens (tertiary/aromatic N) is 1. The van der Waals surface area contributed by atoms with Gasteiger partial charge >= 0.3 is 0 Å². The lowest BCUT2D eigenvalue weighted by molar-refractivity contribution is -0.110. The van der Waals surface area contributed by atoms with Crippen molar-refractivity contribution in [2.75, 3.05) is 5.32 Å². The van der Waals surface area contributed by atoms with Gasteiger partial charge in [-0.25, -0.2) is 0 Å². The van der Waals surface area contributed by atoms with E-state index < -0.39 is 0 Å². The normalized spacial score (nSPS) is 15.1. The van der Waals surface area contributed by atoms with Crippen molar-refractivity contribution >= 4 is 34.1 Å². The van der Waals surface area contributed by atoms with E-state index in [-0.39, 0.29) is 17.0 Å². The maximum absolute atomic E-state index is 12.5. The summed E-state index contributed by atoms with van der Waals surface area (Å²) in [5, 5.41) is 10.3. The van der Waals surface area contributed by atoms with Crippen LogP contribution < -0.4 is 10.7 Å². The van der Waals surface area contributed by atoms with Crippen LogP contribution in [0, 0.1) is 0 Å². The Morgan fingerprint density at radius 3 is 2.64 bits per heavy atom. The minimum atomic E-state index is -0.226. The van der Waals surface area contributed by atoms with Gasteiger partial charge in [-0.3, -0.25) is 14.7 Å². The van der Waals surface area contributed by atoms with Crippen molar-refractivity contribution in [3.63, 3.8) is 0 Å². The van der Waals surface area contributed by atoms with E-state index in [4.69, 9.17) is 0 Å². The zero-order valence-electron chi connectivity index (χ0n) is 11.5. The highest BCUT2D eigenvalue weighted by Crippen LogP contribution is 2.32. The van der Waals surface area contributed by atoms with Gasteiger partial charge in [0.2, 0.25) is 5.43 Å². The molecule has 1 aliphatic heterocycles. The fourth-order valence-electron chi connectivity index (χ4n) is 2.60. The largest absolute Gasteiger partial charge is 0.321 e. The van der Waals surface area contributed by atoms with Crippen LogP contribution in [0.1, 0.15) is 11.3 Å². The number of anilines is 1. The van der Waals surface area contributed by atoms with Crippen LogP contribution in [-0.2, 0) is 4.79 Å². The molecule has 2 N–H and O–H groups in total. The third-order valence-electron chi connectivity index (χ3n) is 3.69. The number of aromatic amines is 1. The SMILES string of the molecule is O=C1Nc2ccccc2/C1=C\c1n[nH]c2ccccc2c1=O. The van der Waals surface area contributed by atoms with E-state index in [0.29, 0.717) is 16.5 Å². The van der Waals surface area contributed by atoms with Crippen molar-refractivity contribution in [1.29, 1.82) is 0 Å². The molecule has 106 valence electrons. The molecule has 1 aromatic heterocycles. The van der Waals surface area contributed by atoms with E-state index in [2.05, 4.69) is 15.5 Å². The van der Waals surface area contributed by atoms with Crippen LogP contribution in [-0.4, -0.2) is 16.1 Å². The second kappa shape index (κ2) is 4.66. The molecule has 0 bridgehead atoms. The van der Waals surface area contributed by atoms with Gasteiger partial charge in [0.25, 0.3) is 5.91 Å². The predicted molar refractivity (Wildman–Crippen MR) is 85.3 cm³/mol. The number of benzene rings is 2. The second-order valence-corrected chi connectivity index (χ2v) is 5.04. The highest BCUT2D eigenvalue weighted by Gasteiger charge is 2.24. The van der Waals surface area contributed by atoms with Crippen LogP contribution >= 0.6 is 0 Å². The maximum Gasteiger partial charge on any atom is 0.256 e. The summed E-state index contributed by atoms with van der Waals surface area (Å²) in [7, 11) is 0. The molecule has 0 fully saturated rings. The lowest BCUT2D eigenvalue weighted by Crippen LogP contribution is -2.11. The fourth-order valence-corrected chi connectivity index (χ4v) is 2.60. The van der Waals surface area contributed by atoms with Gasteiger partial charge in [0.15, 0.2) is 0 Å². The highest BCUT2D eigenvalue weighted by molar-refractivity contribution is 6.34. The fraction of sp³-hybridized carbons (Fsp3) is 0. The van der Waals surface area contributed by atoms with Crippen LogP contribution in [0.3, 0.4) is 0 Å². The second-order valence-electron chi connectivity index (χ2n) is 5.04. The first-order chi connectivity index (χ1) is 10.7. The molecular weight excluding hydrogens is 278 g/mol. The first kappa shape index (κ1) is 12.5. The molecule has 22 heavy (non-hydrogen) atoms. The molecule has 0 atom stereocenters. The number of fused-ring (bicyclic) bond motifs is 2. The number of rotatable bonds is 1. The average Bonchev–Trinajstić information content (AvgIpc) is 2.86. The van der Waals surface area contributed by atoms with E-state index >= 15 is 0 Å². The predicted octanol–water partition coefficient (Wildman–Crippen LogP) is 2.42. The number of carbonyl (C=O) groups excluding carboxylic acids is 1. The summed E-state index contributed by atoms with van der Waals surface area (Å²) in [6, 6.07) is 14.5. The molecule has 0 saturated carbocycles. The lowest BCUT2D eigenvalue weighted by Gasteiger charge is -2.00. The molecule has 0 unspecified atom stereocenters. The van der Waals surface area contributed by atoms with Crippen LogP contribution in [0.2, 0.25) is 0 Å². The summed E-state index contributed by atoms with van der Waals surface area (Å²) in [6.07, 6.45) is 1.53. The zero-order valence-corrected chi connectivity index (χ0v) is 11.5. The van der Waals surface area contributed by atoms with E-state index in [0.717, 1.165) is 11.3 Å². The van der Waals surface area contributed by atoms with Gasteiger partial charge in [-0.05, 0) is 24.3 Å². The monoisotopic (exact) mass is 289 g/mol. The standard InChI is InChI=1S/C17H11N3O2/c21-16-11-6-2-4-8-14(11)19-20-15(16)9-12-10-5-1-3-7-13(10)18-17(12)22/h1-9H,(H,18,22)(H,19,21)/b12-9+. The van der Waals surface area contributed by atoms with Gasteiger partial charge in [0.05, 0.1) is 11.1 Å². The number of hydrogen-bond donors (Lipinski definition) is 2. The van der Waals surface area contributed by atoms with E-state index in [1.807, 2.05) is 30.3 Å². The Balaban J connectivity index is 1.92. The van der Waals surface area contributed by atoms with Gasteiger partial charge in [-0.15, -0.1) is 0 Å². The highest BCUT2D eigenvalue weighted by atomic mass is 16.2. The van der Waals surface area contributed by atoms with Crippen molar-refractivity contribution in [2.45, 2.75) is 0 Å². The van der Waals surface area contributed by atoms with E-state index in [9.17, 15) is 9.59 Å². The third kappa shape index (κ3) is 1.83. The molecule has 2 heterocycles.